The fourth-order valence-corrected chi connectivity index (χ4v) is 4.18. The number of carbonyl (C=O) groups excluding carboxylic acids is 1. The lowest BCUT2D eigenvalue weighted by atomic mass is 10.1. The highest BCUT2D eigenvalue weighted by atomic mass is 32.2. The van der Waals surface area contributed by atoms with Gasteiger partial charge in [-0.2, -0.15) is 11.8 Å². The highest BCUT2D eigenvalue weighted by Crippen LogP contribution is 2.33. The number of amides is 1. The van der Waals surface area contributed by atoms with Crippen molar-refractivity contribution < 1.29 is 9.53 Å². The summed E-state index contributed by atoms with van der Waals surface area (Å²) in [5.74, 6) is 0.798. The predicted molar refractivity (Wildman–Crippen MR) is 82.8 cm³/mol. The fourth-order valence-electron chi connectivity index (χ4n) is 2.85. The van der Waals surface area contributed by atoms with Crippen LogP contribution in [0.1, 0.15) is 24.2 Å². The Hall–Kier alpha value is -1.36. The first kappa shape index (κ1) is 13.6. The molecule has 0 saturated carbocycles. The average Bonchev–Trinajstić information content (AvgIpc) is 2.45. The van der Waals surface area contributed by atoms with Crippen LogP contribution in [0.3, 0.4) is 0 Å². The maximum atomic E-state index is 12.8. The Morgan fingerprint density at radius 3 is 2.85 bits per heavy atom. The van der Waals surface area contributed by atoms with Crippen LogP contribution in [0, 0.1) is 0 Å². The second kappa shape index (κ2) is 5.56. The molecule has 1 saturated heterocycles. The molecule has 0 bridgehead atoms. The highest BCUT2D eigenvalue weighted by Gasteiger charge is 2.29. The van der Waals surface area contributed by atoms with Crippen molar-refractivity contribution in [1.82, 2.24) is 4.90 Å². The average molecular weight is 292 g/mol. The lowest BCUT2D eigenvalue weighted by molar-refractivity contribution is 0.0749. The van der Waals surface area contributed by atoms with Gasteiger partial charge in [0, 0.05) is 30.1 Å². The summed E-state index contributed by atoms with van der Waals surface area (Å²) < 4.78 is 5.71. The van der Waals surface area contributed by atoms with Gasteiger partial charge in [0.2, 0.25) is 0 Å². The first-order valence-corrected chi connectivity index (χ1v) is 8.04. The van der Waals surface area contributed by atoms with Crippen molar-refractivity contribution in [3.8, 4) is 5.75 Å². The number of carbonyl (C=O) groups is 1. The largest absolute Gasteiger partial charge is 0.489 e. The van der Waals surface area contributed by atoms with Gasteiger partial charge in [0.15, 0.2) is 5.75 Å². The van der Waals surface area contributed by atoms with Crippen LogP contribution in [0.25, 0.3) is 0 Å². The number of hydrogen-bond donors (Lipinski definition) is 1. The zero-order valence-electron chi connectivity index (χ0n) is 11.9. The number of nitrogens with one attached hydrogen (secondary N) is 1. The molecule has 2 heterocycles. The van der Waals surface area contributed by atoms with Crippen LogP contribution in [0.15, 0.2) is 18.2 Å². The standard InChI is InChI=1S/C15H20N2O2S/c1-10-8-17(9-11(2)20-10)15(18)12-4-3-5-13-14(12)19-7-6-16-13/h3-5,10-11,16H,6-9H2,1-2H3. The number of benzene rings is 1. The Morgan fingerprint density at radius 2 is 2.10 bits per heavy atom. The second-order valence-corrected chi connectivity index (χ2v) is 7.31. The van der Waals surface area contributed by atoms with Crippen LogP contribution in [-0.2, 0) is 0 Å². The van der Waals surface area contributed by atoms with Gasteiger partial charge in [0.25, 0.3) is 5.91 Å². The number of hydrogen-bond acceptors (Lipinski definition) is 4. The summed E-state index contributed by atoms with van der Waals surface area (Å²) in [6.45, 7) is 7.38. The van der Waals surface area contributed by atoms with Crippen LogP contribution in [0.5, 0.6) is 5.75 Å². The zero-order chi connectivity index (χ0) is 14.1. The molecule has 1 N–H and O–H groups in total. The molecule has 2 aliphatic rings. The van der Waals surface area contributed by atoms with Crippen molar-refractivity contribution in [3.63, 3.8) is 0 Å². The number of para-hydroxylation sites is 1. The van der Waals surface area contributed by atoms with Crippen LogP contribution >= 0.6 is 11.8 Å². The molecule has 108 valence electrons. The molecule has 2 atom stereocenters. The fraction of sp³-hybridized carbons (Fsp3) is 0.533. The van der Waals surface area contributed by atoms with Crippen molar-refractivity contribution in [3.05, 3.63) is 23.8 Å². The smallest absolute Gasteiger partial charge is 0.257 e. The summed E-state index contributed by atoms with van der Waals surface area (Å²) in [6, 6.07) is 5.74. The normalized spacial score (nSPS) is 25.4. The van der Waals surface area contributed by atoms with Gasteiger partial charge in [-0.25, -0.2) is 0 Å². The molecule has 1 amide bonds. The number of anilines is 1. The third-order valence-corrected chi connectivity index (χ3v) is 4.84. The van der Waals surface area contributed by atoms with Gasteiger partial charge in [0.1, 0.15) is 6.61 Å². The number of fused-ring (bicyclic) bond motifs is 1. The lowest BCUT2D eigenvalue weighted by Crippen LogP contribution is -2.44. The molecular formula is C15H20N2O2S. The molecule has 0 spiro atoms. The lowest BCUT2D eigenvalue weighted by Gasteiger charge is -2.35. The molecular weight excluding hydrogens is 272 g/mol. The minimum absolute atomic E-state index is 0.0875. The predicted octanol–water partition coefficient (Wildman–Crippen LogP) is 2.46. The highest BCUT2D eigenvalue weighted by molar-refractivity contribution is 8.00. The van der Waals surface area contributed by atoms with E-state index >= 15 is 0 Å². The number of nitrogens with zero attached hydrogens (tertiary/aromatic N) is 1. The number of ether oxygens (including phenoxy) is 1. The Kier molecular flexibility index (Phi) is 3.78. The van der Waals surface area contributed by atoms with E-state index in [0.717, 1.165) is 25.3 Å². The summed E-state index contributed by atoms with van der Waals surface area (Å²) in [5.41, 5.74) is 1.61. The molecule has 1 aromatic rings. The Bertz CT molecular complexity index is 511. The van der Waals surface area contributed by atoms with Crippen LogP contribution < -0.4 is 10.1 Å². The molecule has 5 heteroatoms. The zero-order valence-corrected chi connectivity index (χ0v) is 12.7. The minimum Gasteiger partial charge on any atom is -0.489 e. The Balaban J connectivity index is 1.87. The van der Waals surface area contributed by atoms with Gasteiger partial charge in [-0.1, -0.05) is 19.9 Å². The van der Waals surface area contributed by atoms with E-state index in [4.69, 9.17) is 4.74 Å². The molecule has 0 aromatic heterocycles. The molecule has 0 aliphatic carbocycles. The van der Waals surface area contributed by atoms with Gasteiger partial charge in [-0.05, 0) is 12.1 Å². The van der Waals surface area contributed by atoms with E-state index in [2.05, 4.69) is 19.2 Å². The van der Waals surface area contributed by atoms with Gasteiger partial charge in [-0.3, -0.25) is 4.79 Å². The summed E-state index contributed by atoms with van der Waals surface area (Å²) in [4.78, 5) is 14.7. The van der Waals surface area contributed by atoms with Gasteiger partial charge in [0.05, 0.1) is 11.3 Å². The van der Waals surface area contributed by atoms with Crippen LogP contribution in [-0.4, -0.2) is 47.5 Å². The molecule has 1 aromatic carbocycles. The van der Waals surface area contributed by atoms with E-state index in [1.807, 2.05) is 34.9 Å². The number of thioether (sulfide) groups is 1. The first-order chi connectivity index (χ1) is 9.65. The summed E-state index contributed by atoms with van der Waals surface area (Å²) in [7, 11) is 0. The minimum atomic E-state index is 0.0875. The van der Waals surface area contributed by atoms with Gasteiger partial charge < -0.3 is 15.0 Å². The van der Waals surface area contributed by atoms with Crippen molar-refractivity contribution in [1.29, 1.82) is 0 Å². The molecule has 0 radical (unpaired) electrons. The molecule has 4 nitrogen and oxygen atoms in total. The van der Waals surface area contributed by atoms with E-state index in [1.54, 1.807) is 0 Å². The second-order valence-electron chi connectivity index (χ2n) is 5.42. The number of rotatable bonds is 1. The van der Waals surface area contributed by atoms with E-state index in [0.29, 0.717) is 28.4 Å². The van der Waals surface area contributed by atoms with Crippen molar-refractivity contribution >= 4 is 23.4 Å². The maximum absolute atomic E-state index is 12.8. The Labute approximate surface area is 123 Å². The Morgan fingerprint density at radius 1 is 1.35 bits per heavy atom. The molecule has 2 aliphatic heterocycles. The maximum Gasteiger partial charge on any atom is 0.257 e. The summed E-state index contributed by atoms with van der Waals surface area (Å²) in [6.07, 6.45) is 0. The molecule has 1 fully saturated rings. The SMILES string of the molecule is CC1CN(C(=O)c2cccc3c2OCCN3)CC(C)S1. The first-order valence-electron chi connectivity index (χ1n) is 7.09. The third kappa shape index (κ3) is 2.59. The van der Waals surface area contributed by atoms with Crippen molar-refractivity contribution in [2.75, 3.05) is 31.6 Å². The summed E-state index contributed by atoms with van der Waals surface area (Å²) in [5, 5.41) is 4.25. The third-order valence-electron chi connectivity index (χ3n) is 3.62. The van der Waals surface area contributed by atoms with E-state index < -0.39 is 0 Å². The monoisotopic (exact) mass is 292 g/mol. The van der Waals surface area contributed by atoms with E-state index in [1.165, 1.54) is 0 Å². The topological polar surface area (TPSA) is 41.6 Å². The molecule has 20 heavy (non-hydrogen) atoms. The van der Waals surface area contributed by atoms with Crippen LogP contribution in [0.2, 0.25) is 0 Å². The van der Waals surface area contributed by atoms with Crippen LogP contribution in [0.4, 0.5) is 5.69 Å². The van der Waals surface area contributed by atoms with Gasteiger partial charge in [-0.15, -0.1) is 0 Å². The van der Waals surface area contributed by atoms with Crippen molar-refractivity contribution in [2.45, 2.75) is 24.3 Å². The van der Waals surface area contributed by atoms with E-state index in [9.17, 15) is 4.79 Å². The molecule has 2 unspecified atom stereocenters. The molecule has 3 rings (SSSR count). The van der Waals surface area contributed by atoms with Crippen molar-refractivity contribution in [2.24, 2.45) is 0 Å². The van der Waals surface area contributed by atoms with E-state index in [-0.39, 0.29) is 5.91 Å². The quantitative estimate of drug-likeness (QED) is 0.863. The summed E-state index contributed by atoms with van der Waals surface area (Å²) >= 11 is 1.95. The van der Waals surface area contributed by atoms with Gasteiger partial charge >= 0.3 is 0 Å².